The number of hydrogen-bond donors (Lipinski definition) is 0. The van der Waals surface area contributed by atoms with Crippen molar-refractivity contribution in [1.29, 1.82) is 0 Å². The van der Waals surface area contributed by atoms with Crippen molar-refractivity contribution in [2.45, 2.75) is 0 Å². The second-order valence-corrected chi connectivity index (χ2v) is 3.07. The van der Waals surface area contributed by atoms with E-state index in [4.69, 9.17) is 18.6 Å². The molecule has 1 saturated carbocycles. The monoisotopic (exact) mass is 416 g/mol. The average molecular weight is 417 g/mol. The van der Waals surface area contributed by atoms with Gasteiger partial charge in [-0.1, -0.05) is 15.9 Å². The van der Waals surface area contributed by atoms with Crippen LogP contribution in [0.3, 0.4) is 0 Å². The van der Waals surface area contributed by atoms with E-state index in [-0.39, 0.29) is 17.1 Å². The van der Waals surface area contributed by atoms with E-state index in [0.29, 0.717) is 5.57 Å². The first kappa shape index (κ1) is 32.5. The molecule has 1 aliphatic rings. The van der Waals surface area contributed by atoms with Crippen LogP contribution < -0.4 is 0 Å². The fraction of sp³-hybridized carbons (Fsp3) is 0.333. The molecule has 0 aromatic heterocycles. The normalized spacial score (nSPS) is 15.1. The smallest absolute Gasteiger partial charge is 0 e. The summed E-state index contributed by atoms with van der Waals surface area (Å²) >= 11 is 3.07. The topological polar surface area (TPSA) is 132 Å². The van der Waals surface area contributed by atoms with E-state index in [0.717, 1.165) is 0 Å². The SMILES string of the molecule is COC(=O)C1C(=CBr)C1C(=O)OC.[C-]#[O+].[C-]#[O+].[C-]#[O+].[C-]#[O+].[Fe]. The van der Waals surface area contributed by atoms with Gasteiger partial charge in [0.2, 0.25) is 0 Å². The summed E-state index contributed by atoms with van der Waals surface area (Å²) in [7, 11) is 2.59. The Hall–Kier alpha value is -1.36. The summed E-state index contributed by atoms with van der Waals surface area (Å²) in [5.74, 6) is -1.73. The molecule has 8 nitrogen and oxygen atoms in total. The molecule has 0 N–H and O–H groups in total. The van der Waals surface area contributed by atoms with Gasteiger partial charge >= 0.3 is 57.1 Å². The Morgan fingerprint density at radius 1 is 0.909 bits per heavy atom. The predicted molar refractivity (Wildman–Crippen MR) is 63.7 cm³/mol. The molecule has 0 radical (unpaired) electrons. The molecule has 22 heavy (non-hydrogen) atoms. The van der Waals surface area contributed by atoms with E-state index >= 15 is 0 Å². The summed E-state index contributed by atoms with van der Waals surface area (Å²) in [6.07, 6.45) is 0. The number of halogens is 1. The number of methoxy groups -OCH3 is 2. The van der Waals surface area contributed by atoms with Crippen molar-refractivity contribution in [3.63, 3.8) is 0 Å². The van der Waals surface area contributed by atoms with E-state index in [1.54, 1.807) is 4.99 Å². The van der Waals surface area contributed by atoms with Gasteiger partial charge in [-0.15, -0.1) is 0 Å². The number of carbonyl (C=O) groups excluding carboxylic acids is 2. The van der Waals surface area contributed by atoms with Crippen LogP contribution in [0.4, 0.5) is 0 Å². The number of esters is 2. The second kappa shape index (κ2) is 24.6. The standard InChI is InChI=1S/C8H9BrO4.4CO.Fe/c1-12-7(10)5-4(3-9)6(5)8(11)13-2;4*1-2;/h3,5-6H,1-2H3;;;;;. The molecule has 2 unspecified atom stereocenters. The van der Waals surface area contributed by atoms with Crippen LogP contribution in [0.25, 0.3) is 0 Å². The van der Waals surface area contributed by atoms with Gasteiger partial charge in [0.05, 0.1) is 26.1 Å². The predicted octanol–water partition coefficient (Wildman–Crippen LogP) is 0.705. The first-order chi connectivity index (χ1) is 10.2. The van der Waals surface area contributed by atoms with Crippen molar-refractivity contribution in [3.8, 4) is 0 Å². The second-order valence-electron chi connectivity index (χ2n) is 2.61. The zero-order chi connectivity index (χ0) is 18.0. The first-order valence-corrected chi connectivity index (χ1v) is 5.36. The molecule has 2 atom stereocenters. The number of ether oxygens (including phenoxy) is 2. The summed E-state index contributed by atoms with van der Waals surface area (Å²) in [6, 6.07) is 0. The van der Waals surface area contributed by atoms with Gasteiger partial charge in [0.1, 0.15) is 0 Å². The van der Waals surface area contributed by atoms with Gasteiger partial charge in [0, 0.05) is 17.1 Å². The summed E-state index contributed by atoms with van der Waals surface area (Å²) in [5.41, 5.74) is 0.707. The molecule has 1 rings (SSSR count). The molecule has 0 amide bonds. The van der Waals surface area contributed by atoms with Crippen molar-refractivity contribution in [1.82, 2.24) is 0 Å². The van der Waals surface area contributed by atoms with E-state index in [9.17, 15) is 9.59 Å². The largest absolute Gasteiger partial charge is 0 e. The molecule has 10 heteroatoms. The van der Waals surface area contributed by atoms with Crippen LogP contribution in [0, 0.1) is 38.4 Å². The minimum atomic E-state index is -0.461. The molecule has 120 valence electrons. The fourth-order valence-electron chi connectivity index (χ4n) is 1.22. The maximum absolute atomic E-state index is 11.1. The van der Waals surface area contributed by atoms with Gasteiger partial charge in [-0.2, -0.15) is 0 Å². The zero-order valence-corrected chi connectivity index (χ0v) is 13.9. The molecule has 0 aromatic rings. The molecule has 1 aliphatic carbocycles. The van der Waals surface area contributed by atoms with Crippen molar-refractivity contribution in [2.75, 3.05) is 14.2 Å². The Kier molecular flexibility index (Phi) is 36.5. The third kappa shape index (κ3) is 11.3. The Morgan fingerprint density at radius 2 is 1.14 bits per heavy atom. The van der Waals surface area contributed by atoms with Gasteiger partial charge in [0.15, 0.2) is 0 Å². The van der Waals surface area contributed by atoms with Crippen LogP contribution >= 0.6 is 15.9 Å². The molecule has 0 aliphatic heterocycles. The van der Waals surface area contributed by atoms with Crippen molar-refractivity contribution in [2.24, 2.45) is 11.8 Å². The van der Waals surface area contributed by atoms with Crippen LogP contribution in [-0.4, -0.2) is 26.2 Å². The van der Waals surface area contributed by atoms with E-state index in [2.05, 4.69) is 52.0 Å². The van der Waals surface area contributed by atoms with Crippen molar-refractivity contribution in [3.05, 3.63) is 37.2 Å². The minimum Gasteiger partial charge on any atom is 0 e. The van der Waals surface area contributed by atoms with Crippen molar-refractivity contribution >= 4 is 27.9 Å². The van der Waals surface area contributed by atoms with E-state index < -0.39 is 23.8 Å². The Morgan fingerprint density at radius 3 is 1.27 bits per heavy atom. The summed E-state index contributed by atoms with van der Waals surface area (Å²) in [5, 5.41) is 0. The molecule has 0 aromatic carbocycles. The van der Waals surface area contributed by atoms with Gasteiger partial charge in [-0.05, 0) is 10.6 Å². The molecular weight excluding hydrogens is 408 g/mol. The number of rotatable bonds is 2. The van der Waals surface area contributed by atoms with E-state index in [1.807, 2.05) is 0 Å². The van der Waals surface area contributed by atoms with E-state index in [1.165, 1.54) is 14.2 Å². The van der Waals surface area contributed by atoms with Gasteiger partial charge in [-0.3, -0.25) is 9.59 Å². The third-order valence-corrected chi connectivity index (χ3v) is 2.51. The molecule has 0 spiro atoms. The number of carbonyl (C=O) groups is 2. The van der Waals surface area contributed by atoms with Crippen LogP contribution in [0.2, 0.25) is 0 Å². The maximum Gasteiger partial charge on any atom is 0 e. The van der Waals surface area contributed by atoms with Crippen molar-refractivity contribution < 1.29 is 54.7 Å². The van der Waals surface area contributed by atoms with Gasteiger partial charge in [0.25, 0.3) is 0 Å². The average Bonchev–Trinajstić information content (AvgIpc) is 3.35. The van der Waals surface area contributed by atoms with Gasteiger partial charge < -0.3 is 9.47 Å². The summed E-state index contributed by atoms with van der Waals surface area (Å²) in [4.78, 5) is 23.7. The minimum absolute atomic E-state index is 0. The molecular formula is C12H9BrFeO8. The Balaban J connectivity index is -0.0000000932. The Bertz CT molecular complexity index is 376. The fourth-order valence-corrected chi connectivity index (χ4v) is 1.79. The first-order valence-electron chi connectivity index (χ1n) is 4.44. The Labute approximate surface area is 146 Å². The zero-order valence-electron chi connectivity index (χ0n) is 11.2. The molecule has 0 bridgehead atoms. The van der Waals surface area contributed by atoms with Crippen LogP contribution in [0.1, 0.15) is 0 Å². The van der Waals surface area contributed by atoms with Crippen LogP contribution in [0.5, 0.6) is 0 Å². The summed E-state index contributed by atoms with van der Waals surface area (Å²) < 4.78 is 39.0. The quantitative estimate of drug-likeness (QED) is 0.283. The molecule has 0 saturated heterocycles. The van der Waals surface area contributed by atoms with Crippen LogP contribution in [0.15, 0.2) is 10.6 Å². The van der Waals surface area contributed by atoms with Crippen LogP contribution in [-0.2, 0) is 54.7 Å². The van der Waals surface area contributed by atoms with Gasteiger partial charge in [-0.25, -0.2) is 0 Å². The molecule has 1 fully saturated rings. The third-order valence-electron chi connectivity index (χ3n) is 1.98. The summed E-state index contributed by atoms with van der Waals surface area (Å²) in [6.45, 7) is 18.0. The molecule has 0 heterocycles. The maximum atomic E-state index is 11.1. The number of hydrogen-bond acceptors (Lipinski definition) is 4.